The van der Waals surface area contributed by atoms with Gasteiger partial charge in [0.2, 0.25) is 27.7 Å². The number of amides is 5. The maximum atomic E-state index is 13.7. The fourth-order valence-electron chi connectivity index (χ4n) is 5.71. The van der Waals surface area contributed by atoms with Crippen LogP contribution in [-0.2, 0) is 33.9 Å². The number of allylic oxidation sites excluding steroid dienone is 1. The monoisotopic (exact) mass is 661 g/mol. The average molecular weight is 662 g/mol. The molecule has 0 radical (unpaired) electrons. The second-order valence-electron chi connectivity index (χ2n) is 13.0. The third kappa shape index (κ3) is 9.28. The number of fused-ring (bicyclic) bond motifs is 2. The summed E-state index contributed by atoms with van der Waals surface area (Å²) in [6.07, 6.45) is 4.77. The maximum absolute atomic E-state index is 13.7. The number of carbonyl (C=O) groups excluding carboxylic acids is 5. The molecule has 2 fully saturated rings. The third-order valence-corrected chi connectivity index (χ3v) is 9.12. The third-order valence-electron chi connectivity index (χ3n) is 7.98. The molecule has 2 heterocycles. The number of ether oxygens (including phenoxy) is 1. The molecule has 15 heteroatoms. The van der Waals surface area contributed by atoms with Crippen LogP contribution in [0.3, 0.4) is 0 Å². The van der Waals surface area contributed by atoms with Gasteiger partial charge in [-0.1, -0.05) is 43.2 Å². The molecule has 0 bridgehead atoms. The van der Waals surface area contributed by atoms with E-state index in [4.69, 9.17) is 4.74 Å². The van der Waals surface area contributed by atoms with Crippen LogP contribution in [0.2, 0.25) is 0 Å². The summed E-state index contributed by atoms with van der Waals surface area (Å²) in [7, 11) is -4.45. The molecule has 4 rings (SSSR count). The van der Waals surface area contributed by atoms with E-state index in [1.54, 1.807) is 57.2 Å². The van der Waals surface area contributed by atoms with Gasteiger partial charge in [0.05, 0.1) is 6.10 Å². The molecule has 1 saturated carbocycles. The van der Waals surface area contributed by atoms with Crippen LogP contribution in [0.5, 0.6) is 0 Å². The number of hydrogen-bond acceptors (Lipinski definition) is 9. The molecule has 0 aromatic heterocycles. The van der Waals surface area contributed by atoms with Crippen LogP contribution in [-0.4, -0.2) is 89.8 Å². The fraction of sp³-hybridized carbons (Fsp3) is 0.581. The first-order valence-electron chi connectivity index (χ1n) is 15.4. The van der Waals surface area contributed by atoms with Crippen molar-refractivity contribution in [3.05, 3.63) is 42.5 Å². The summed E-state index contributed by atoms with van der Waals surface area (Å²) in [5.41, 5.74) is -2.07. The number of hydrogen-bond donors (Lipinski definition) is 5. The highest BCUT2D eigenvalue weighted by atomic mass is 32.2. The number of aliphatic hydroxyl groups excluding tert-OH is 1. The minimum Gasteiger partial charge on any atom is -0.444 e. The van der Waals surface area contributed by atoms with Crippen molar-refractivity contribution in [2.24, 2.45) is 5.92 Å². The van der Waals surface area contributed by atoms with E-state index in [1.165, 1.54) is 4.90 Å². The van der Waals surface area contributed by atoms with Gasteiger partial charge in [-0.3, -0.25) is 23.9 Å². The molecule has 0 unspecified atom stereocenters. The van der Waals surface area contributed by atoms with Crippen LogP contribution in [0.15, 0.2) is 42.5 Å². The Morgan fingerprint density at radius 2 is 1.83 bits per heavy atom. The van der Waals surface area contributed by atoms with E-state index in [9.17, 15) is 37.5 Å². The van der Waals surface area contributed by atoms with E-state index in [-0.39, 0.29) is 25.8 Å². The molecule has 14 nitrogen and oxygen atoms in total. The Hall–Kier alpha value is -3.98. The topological polar surface area (TPSA) is 200 Å². The Bertz CT molecular complexity index is 1460. The number of rotatable bonds is 6. The second kappa shape index (κ2) is 14.2. The van der Waals surface area contributed by atoms with E-state index in [0.717, 1.165) is 12.8 Å². The zero-order valence-corrected chi connectivity index (χ0v) is 27.1. The first-order valence-corrected chi connectivity index (χ1v) is 17.1. The Labute approximate surface area is 268 Å². The van der Waals surface area contributed by atoms with Gasteiger partial charge >= 0.3 is 6.09 Å². The van der Waals surface area contributed by atoms with Gasteiger partial charge in [-0.25, -0.2) is 13.2 Å². The van der Waals surface area contributed by atoms with E-state index >= 15 is 0 Å². The number of sulfonamides is 1. The summed E-state index contributed by atoms with van der Waals surface area (Å²) in [5, 5.41) is 18.2. The van der Waals surface area contributed by atoms with Crippen molar-refractivity contribution in [1.82, 2.24) is 20.3 Å². The number of aliphatic hydroxyl groups is 1. The van der Waals surface area contributed by atoms with Crippen LogP contribution >= 0.6 is 0 Å². The zero-order chi connectivity index (χ0) is 33.7. The van der Waals surface area contributed by atoms with Gasteiger partial charge in [0.15, 0.2) is 0 Å². The lowest BCUT2D eigenvalue weighted by atomic mass is 10.0. The van der Waals surface area contributed by atoms with Crippen LogP contribution < -0.4 is 20.7 Å². The van der Waals surface area contributed by atoms with E-state index in [0.29, 0.717) is 18.5 Å². The zero-order valence-electron chi connectivity index (χ0n) is 26.3. The van der Waals surface area contributed by atoms with Crippen molar-refractivity contribution in [3.63, 3.8) is 0 Å². The van der Waals surface area contributed by atoms with Crippen molar-refractivity contribution in [3.8, 4) is 0 Å². The van der Waals surface area contributed by atoms with E-state index in [1.807, 2.05) is 10.8 Å². The van der Waals surface area contributed by atoms with Crippen LogP contribution in [0.1, 0.15) is 65.7 Å². The number of nitrogens with one attached hydrogen (secondary N) is 4. The first kappa shape index (κ1) is 34.9. The van der Waals surface area contributed by atoms with Gasteiger partial charge in [-0.2, -0.15) is 0 Å². The normalized spacial score (nSPS) is 27.2. The predicted molar refractivity (Wildman–Crippen MR) is 167 cm³/mol. The fourth-order valence-corrected chi connectivity index (χ4v) is 6.66. The summed E-state index contributed by atoms with van der Waals surface area (Å²) in [4.78, 5) is 67.1. The molecule has 5 atom stereocenters. The highest BCUT2D eigenvalue weighted by Crippen LogP contribution is 2.45. The quantitative estimate of drug-likeness (QED) is 0.279. The lowest BCUT2D eigenvalue weighted by Gasteiger charge is -2.30. The standard InChI is InChI=1S/C31H43N5O9S/c1-30(2,3)45-29(42)33-23-15-11-6-4-5-8-12-20-17-31(20,34-26(39)24-16-22(37)18-36(24)27(23)40)28(41)35-46(43,44)19-25(38)32-21-13-9-7-10-14-21/h7-10,12-14,20,22-24,37H,4-6,11,15-19H2,1-3H3,(H,32,38)(H,33,42)(H,34,39)(H,35,41)/t20-,22-,23+,24+,31-/m1/s1. The highest BCUT2D eigenvalue weighted by Gasteiger charge is 2.61. The number of alkyl carbamates (subject to hydrolysis) is 1. The average Bonchev–Trinajstić information content (AvgIpc) is 3.50. The Kier molecular flexibility index (Phi) is 10.8. The Morgan fingerprint density at radius 3 is 2.52 bits per heavy atom. The number of para-hydroxylation sites is 1. The highest BCUT2D eigenvalue weighted by molar-refractivity contribution is 7.90. The summed E-state index contributed by atoms with van der Waals surface area (Å²) in [6.45, 7) is 4.91. The summed E-state index contributed by atoms with van der Waals surface area (Å²) in [6, 6.07) is 6.03. The summed E-state index contributed by atoms with van der Waals surface area (Å²) < 4.78 is 33.0. The van der Waals surface area contributed by atoms with E-state index in [2.05, 4.69) is 16.0 Å². The molecule has 5 N–H and O–H groups in total. The lowest BCUT2D eigenvalue weighted by Crippen LogP contribution is -2.58. The van der Waals surface area contributed by atoms with Gasteiger partial charge in [0, 0.05) is 24.6 Å². The minimum atomic E-state index is -4.45. The minimum absolute atomic E-state index is 0.0961. The van der Waals surface area contributed by atoms with Gasteiger partial charge in [0.25, 0.3) is 5.91 Å². The molecular weight excluding hydrogens is 618 g/mol. The molecular formula is C31H43N5O9S. The Morgan fingerprint density at radius 1 is 1.11 bits per heavy atom. The van der Waals surface area contributed by atoms with Crippen molar-refractivity contribution in [1.29, 1.82) is 0 Å². The van der Waals surface area contributed by atoms with E-state index < -0.39 is 80.7 Å². The molecule has 5 amide bonds. The number of carbonyl (C=O) groups is 5. The van der Waals surface area contributed by atoms with Crippen molar-refractivity contribution in [2.45, 2.75) is 95.0 Å². The molecule has 2 aliphatic heterocycles. The molecule has 252 valence electrons. The molecule has 1 aromatic rings. The molecule has 3 aliphatic rings. The maximum Gasteiger partial charge on any atom is 0.408 e. The van der Waals surface area contributed by atoms with Crippen molar-refractivity contribution >= 4 is 45.4 Å². The SMILES string of the molecule is CC(C)(C)OC(=O)N[C@H]1CCCCCC=C[C@@H]2C[C@@]2(C(=O)NS(=O)(=O)CC(=O)Nc2ccccc2)NC(=O)[C@@H]2C[C@@H](O)CN2C1=O. The van der Waals surface area contributed by atoms with Crippen molar-refractivity contribution in [2.75, 3.05) is 17.6 Å². The van der Waals surface area contributed by atoms with Gasteiger partial charge in [-0.15, -0.1) is 0 Å². The van der Waals surface area contributed by atoms with Gasteiger partial charge in [0.1, 0.15) is 29.0 Å². The molecule has 46 heavy (non-hydrogen) atoms. The predicted octanol–water partition coefficient (Wildman–Crippen LogP) is 1.32. The molecule has 1 saturated heterocycles. The molecule has 1 aromatic carbocycles. The number of nitrogens with zero attached hydrogens (tertiary/aromatic N) is 1. The summed E-state index contributed by atoms with van der Waals surface area (Å²) in [5.74, 6) is -4.75. The van der Waals surface area contributed by atoms with Crippen LogP contribution in [0.25, 0.3) is 0 Å². The lowest BCUT2D eigenvalue weighted by molar-refractivity contribution is -0.141. The van der Waals surface area contributed by atoms with Crippen LogP contribution in [0.4, 0.5) is 10.5 Å². The smallest absolute Gasteiger partial charge is 0.408 e. The molecule has 1 aliphatic carbocycles. The van der Waals surface area contributed by atoms with Gasteiger partial charge in [-0.05, 0) is 58.6 Å². The molecule has 0 spiro atoms. The van der Waals surface area contributed by atoms with Gasteiger partial charge < -0.3 is 30.7 Å². The first-order chi connectivity index (χ1) is 21.6. The Balaban J connectivity index is 1.52. The second-order valence-corrected chi connectivity index (χ2v) is 14.8. The van der Waals surface area contributed by atoms with Crippen LogP contribution in [0, 0.1) is 5.92 Å². The number of benzene rings is 1. The largest absolute Gasteiger partial charge is 0.444 e. The summed E-state index contributed by atoms with van der Waals surface area (Å²) >= 11 is 0. The van der Waals surface area contributed by atoms with Crippen molar-refractivity contribution < 1.29 is 42.2 Å². The number of anilines is 1.